The average Bonchev–Trinajstić information content (AvgIpc) is 3.11. The Kier molecular flexibility index (Phi) is 4.24. The summed E-state index contributed by atoms with van der Waals surface area (Å²) in [6, 6.07) is 23.9. The number of hydrogen-bond acceptors (Lipinski definition) is 3. The average molecular weight is 380 g/mol. The molecule has 2 aromatic heterocycles. The molecule has 0 atom stereocenters. The fraction of sp³-hybridized carbons (Fsp3) is 0.120. The van der Waals surface area contributed by atoms with E-state index in [4.69, 9.17) is 9.40 Å². The molecular formula is C25H20N2O2. The molecule has 0 radical (unpaired) electrons. The Morgan fingerprint density at radius 2 is 1.72 bits per heavy atom. The molecule has 0 aliphatic rings. The number of imidazole rings is 1. The van der Waals surface area contributed by atoms with E-state index in [2.05, 4.69) is 41.8 Å². The maximum Gasteiger partial charge on any atom is 0.195 e. The van der Waals surface area contributed by atoms with Gasteiger partial charge in [0.15, 0.2) is 5.43 Å². The zero-order valence-electron chi connectivity index (χ0n) is 16.1. The lowest BCUT2D eigenvalue weighted by molar-refractivity contribution is 0.591. The van der Waals surface area contributed by atoms with E-state index in [-0.39, 0.29) is 5.43 Å². The first kappa shape index (κ1) is 17.4. The number of benzene rings is 3. The van der Waals surface area contributed by atoms with Gasteiger partial charge < -0.3 is 4.42 Å². The van der Waals surface area contributed by atoms with Crippen LogP contribution in [0.2, 0.25) is 0 Å². The predicted molar refractivity (Wildman–Crippen MR) is 116 cm³/mol. The zero-order valence-corrected chi connectivity index (χ0v) is 16.1. The topological polar surface area (TPSA) is 48.0 Å². The van der Waals surface area contributed by atoms with Gasteiger partial charge in [0, 0.05) is 17.7 Å². The van der Waals surface area contributed by atoms with Crippen molar-refractivity contribution in [1.82, 2.24) is 9.55 Å². The van der Waals surface area contributed by atoms with Crippen molar-refractivity contribution in [1.29, 1.82) is 0 Å². The van der Waals surface area contributed by atoms with Crippen molar-refractivity contribution >= 4 is 22.0 Å². The highest BCUT2D eigenvalue weighted by atomic mass is 16.3. The quantitative estimate of drug-likeness (QED) is 0.429. The number of rotatable bonds is 4. The third-order valence-corrected chi connectivity index (χ3v) is 5.26. The van der Waals surface area contributed by atoms with Gasteiger partial charge in [0.2, 0.25) is 0 Å². The van der Waals surface area contributed by atoms with Crippen LogP contribution in [0.3, 0.4) is 0 Å². The van der Waals surface area contributed by atoms with Gasteiger partial charge in [-0.3, -0.25) is 9.36 Å². The van der Waals surface area contributed by atoms with Crippen LogP contribution in [0.1, 0.15) is 17.0 Å². The lowest BCUT2D eigenvalue weighted by Crippen LogP contribution is -2.11. The summed E-state index contributed by atoms with van der Waals surface area (Å²) in [5.41, 5.74) is 5.61. The monoisotopic (exact) mass is 380 g/mol. The Morgan fingerprint density at radius 1 is 0.931 bits per heavy atom. The van der Waals surface area contributed by atoms with Gasteiger partial charge in [-0.1, -0.05) is 36.4 Å². The molecular weight excluding hydrogens is 360 g/mol. The van der Waals surface area contributed by atoms with Crippen molar-refractivity contribution in [3.8, 4) is 5.69 Å². The van der Waals surface area contributed by atoms with E-state index in [0.29, 0.717) is 29.4 Å². The second-order valence-corrected chi connectivity index (χ2v) is 7.28. The maximum absolute atomic E-state index is 12.8. The van der Waals surface area contributed by atoms with Crippen LogP contribution in [0.25, 0.3) is 27.7 Å². The highest BCUT2D eigenvalue weighted by Crippen LogP contribution is 2.23. The van der Waals surface area contributed by atoms with E-state index in [1.54, 1.807) is 6.26 Å². The summed E-state index contributed by atoms with van der Waals surface area (Å²) in [6.07, 6.45) is 2.80. The van der Waals surface area contributed by atoms with Crippen LogP contribution in [0.5, 0.6) is 0 Å². The molecule has 2 heterocycles. The molecule has 0 fully saturated rings. The van der Waals surface area contributed by atoms with Crippen LogP contribution >= 0.6 is 0 Å². The summed E-state index contributed by atoms with van der Waals surface area (Å²) in [5.74, 6) is 0.935. The van der Waals surface area contributed by atoms with Gasteiger partial charge in [0.25, 0.3) is 0 Å². The summed E-state index contributed by atoms with van der Waals surface area (Å²) in [6.45, 7) is 2.07. The Bertz CT molecular complexity index is 1380. The normalized spacial score (nSPS) is 11.3. The molecule has 0 saturated heterocycles. The summed E-state index contributed by atoms with van der Waals surface area (Å²) in [4.78, 5) is 17.7. The standard InChI is InChI=1S/C25H20N2O2/c1-17-11-13-22-21(15-17)26-24(27(22)19-7-3-2-4-8-19)14-12-18-16-29-23-10-6-5-9-20(23)25(18)28/h2-11,13,15-16H,12,14H2,1H3. The predicted octanol–water partition coefficient (Wildman–Crippen LogP) is 5.23. The van der Waals surface area contributed by atoms with E-state index >= 15 is 0 Å². The van der Waals surface area contributed by atoms with Crippen molar-refractivity contribution in [2.75, 3.05) is 0 Å². The Morgan fingerprint density at radius 3 is 2.59 bits per heavy atom. The molecule has 3 aromatic carbocycles. The number of fused-ring (bicyclic) bond motifs is 2. The first-order chi connectivity index (χ1) is 14.2. The van der Waals surface area contributed by atoms with Crippen molar-refractivity contribution in [3.63, 3.8) is 0 Å². The van der Waals surface area contributed by atoms with Gasteiger partial charge in [-0.05, 0) is 55.3 Å². The second kappa shape index (κ2) is 7.06. The Labute approximate surface area is 168 Å². The molecule has 5 rings (SSSR count). The molecule has 0 saturated carbocycles. The summed E-state index contributed by atoms with van der Waals surface area (Å²) in [5, 5.41) is 0.622. The van der Waals surface area contributed by atoms with Crippen molar-refractivity contribution in [2.24, 2.45) is 0 Å². The van der Waals surface area contributed by atoms with E-state index in [9.17, 15) is 4.79 Å². The first-order valence-electron chi connectivity index (χ1n) is 9.73. The van der Waals surface area contributed by atoms with Gasteiger partial charge in [-0.15, -0.1) is 0 Å². The minimum absolute atomic E-state index is 0.0325. The van der Waals surface area contributed by atoms with Crippen LogP contribution in [-0.4, -0.2) is 9.55 Å². The molecule has 0 bridgehead atoms. The fourth-order valence-corrected chi connectivity index (χ4v) is 3.81. The molecule has 0 N–H and O–H groups in total. The van der Waals surface area contributed by atoms with Gasteiger partial charge in [0.05, 0.1) is 22.7 Å². The molecule has 142 valence electrons. The van der Waals surface area contributed by atoms with E-state index in [1.807, 2.05) is 42.5 Å². The maximum atomic E-state index is 12.8. The molecule has 0 unspecified atom stereocenters. The highest BCUT2D eigenvalue weighted by Gasteiger charge is 2.14. The summed E-state index contributed by atoms with van der Waals surface area (Å²) < 4.78 is 7.85. The molecule has 29 heavy (non-hydrogen) atoms. The van der Waals surface area contributed by atoms with E-state index in [1.165, 1.54) is 5.56 Å². The van der Waals surface area contributed by atoms with Crippen molar-refractivity contribution in [3.05, 3.63) is 106 Å². The van der Waals surface area contributed by atoms with Crippen LogP contribution in [0, 0.1) is 6.92 Å². The van der Waals surface area contributed by atoms with E-state index < -0.39 is 0 Å². The third-order valence-electron chi connectivity index (χ3n) is 5.26. The Hall–Kier alpha value is -3.66. The fourth-order valence-electron chi connectivity index (χ4n) is 3.81. The van der Waals surface area contributed by atoms with Crippen LogP contribution < -0.4 is 5.43 Å². The summed E-state index contributed by atoms with van der Waals surface area (Å²) in [7, 11) is 0. The number of aryl methyl sites for hydroxylation is 3. The molecule has 4 heteroatoms. The van der Waals surface area contributed by atoms with E-state index in [0.717, 1.165) is 22.5 Å². The highest BCUT2D eigenvalue weighted by molar-refractivity contribution is 5.79. The van der Waals surface area contributed by atoms with Crippen molar-refractivity contribution < 1.29 is 4.42 Å². The molecule has 0 spiro atoms. The van der Waals surface area contributed by atoms with Gasteiger partial charge in [-0.2, -0.15) is 0 Å². The van der Waals surface area contributed by atoms with Crippen LogP contribution in [-0.2, 0) is 12.8 Å². The first-order valence-corrected chi connectivity index (χ1v) is 9.73. The number of nitrogens with zero attached hydrogens (tertiary/aromatic N) is 2. The van der Waals surface area contributed by atoms with Gasteiger partial charge >= 0.3 is 0 Å². The lowest BCUT2D eigenvalue weighted by Gasteiger charge is -2.09. The van der Waals surface area contributed by atoms with Crippen LogP contribution in [0.15, 0.2) is 88.3 Å². The number of para-hydroxylation sites is 2. The van der Waals surface area contributed by atoms with Crippen molar-refractivity contribution in [2.45, 2.75) is 19.8 Å². The minimum Gasteiger partial charge on any atom is -0.464 e. The smallest absolute Gasteiger partial charge is 0.195 e. The third kappa shape index (κ3) is 3.13. The molecule has 0 amide bonds. The van der Waals surface area contributed by atoms with Gasteiger partial charge in [0.1, 0.15) is 11.4 Å². The lowest BCUT2D eigenvalue weighted by atomic mass is 10.1. The van der Waals surface area contributed by atoms with Gasteiger partial charge in [-0.25, -0.2) is 4.98 Å². The largest absolute Gasteiger partial charge is 0.464 e. The second-order valence-electron chi connectivity index (χ2n) is 7.28. The molecule has 5 aromatic rings. The SMILES string of the molecule is Cc1ccc2c(c1)nc(CCc1coc3ccccc3c1=O)n2-c1ccccc1. The molecule has 4 nitrogen and oxygen atoms in total. The molecule has 0 aliphatic heterocycles. The van der Waals surface area contributed by atoms with Crippen LogP contribution in [0.4, 0.5) is 0 Å². The summed E-state index contributed by atoms with van der Waals surface area (Å²) >= 11 is 0. The minimum atomic E-state index is 0.0325. The Balaban J connectivity index is 1.57. The zero-order chi connectivity index (χ0) is 19.8. The molecule has 0 aliphatic carbocycles. The number of hydrogen-bond donors (Lipinski definition) is 0. The number of aromatic nitrogens is 2.